The van der Waals surface area contributed by atoms with Gasteiger partial charge in [0.15, 0.2) is 0 Å². The zero-order valence-electron chi connectivity index (χ0n) is 14.2. The van der Waals surface area contributed by atoms with Gasteiger partial charge in [0, 0.05) is 24.3 Å². The normalized spacial score (nSPS) is 11.7. The van der Waals surface area contributed by atoms with Crippen LogP contribution in [0.4, 0.5) is 5.69 Å². The zero-order valence-corrected chi connectivity index (χ0v) is 15.8. The third-order valence-corrected chi connectivity index (χ3v) is 6.37. The Balaban J connectivity index is 1.68. The van der Waals surface area contributed by atoms with Crippen molar-refractivity contribution >= 4 is 43.2 Å². The molecule has 2 aromatic carbocycles. The van der Waals surface area contributed by atoms with Crippen LogP contribution in [-0.4, -0.2) is 43.7 Å². The van der Waals surface area contributed by atoms with Gasteiger partial charge < -0.3 is 10.1 Å². The van der Waals surface area contributed by atoms with Crippen LogP contribution in [0.2, 0.25) is 0 Å². The molecule has 1 amide bonds. The highest BCUT2D eigenvalue weighted by Gasteiger charge is 2.23. The van der Waals surface area contributed by atoms with E-state index in [1.54, 1.807) is 30.5 Å². The minimum atomic E-state index is -3.77. The number of nitrogens with one attached hydrogen (secondary N) is 1. The molecule has 1 N–H and O–H groups in total. The molecule has 26 heavy (non-hydrogen) atoms. The lowest BCUT2D eigenvalue weighted by Gasteiger charge is -2.17. The number of aromatic nitrogens is 1. The molecule has 9 heteroatoms. The number of benzene rings is 2. The molecule has 0 atom stereocenters. The molecule has 1 heterocycles. The lowest BCUT2D eigenvalue weighted by atomic mass is 10.2. The second kappa shape index (κ2) is 7.40. The van der Waals surface area contributed by atoms with Gasteiger partial charge in [-0.05, 0) is 54.0 Å². The predicted molar refractivity (Wildman–Crippen MR) is 101 cm³/mol. The van der Waals surface area contributed by atoms with Crippen LogP contribution in [0.25, 0.3) is 10.1 Å². The minimum Gasteiger partial charge on any atom is -0.497 e. The summed E-state index contributed by atoms with van der Waals surface area (Å²) < 4.78 is 36.2. The van der Waals surface area contributed by atoms with Crippen LogP contribution in [0.1, 0.15) is 0 Å². The smallest absolute Gasteiger partial charge is 0.243 e. The van der Waals surface area contributed by atoms with Crippen molar-refractivity contribution in [2.24, 2.45) is 0 Å². The average molecular weight is 391 g/mol. The fourth-order valence-electron chi connectivity index (χ4n) is 2.37. The number of fused-ring (bicyclic) bond motifs is 1. The van der Waals surface area contributed by atoms with Gasteiger partial charge in [-0.3, -0.25) is 4.79 Å². The number of hydrogen-bond donors (Lipinski definition) is 1. The number of carbonyl (C=O) groups excluding carboxylic acids is 1. The summed E-state index contributed by atoms with van der Waals surface area (Å²) in [5.41, 5.74) is 0.595. The molecule has 0 unspecified atom stereocenters. The topological polar surface area (TPSA) is 88.6 Å². The Kier molecular flexibility index (Phi) is 5.21. The quantitative estimate of drug-likeness (QED) is 0.698. The molecule has 0 aliphatic heterocycles. The molecule has 3 aromatic rings. The summed E-state index contributed by atoms with van der Waals surface area (Å²) in [6, 6.07) is 11.4. The fraction of sp³-hybridized carbons (Fsp3) is 0.176. The molecular weight excluding hydrogens is 374 g/mol. The fourth-order valence-corrected chi connectivity index (χ4v) is 4.12. The molecule has 7 nitrogen and oxygen atoms in total. The molecule has 3 rings (SSSR count). The number of anilines is 1. The van der Waals surface area contributed by atoms with Gasteiger partial charge in [-0.25, -0.2) is 8.42 Å². The molecule has 0 bridgehead atoms. The van der Waals surface area contributed by atoms with E-state index in [-0.39, 0.29) is 11.4 Å². The van der Waals surface area contributed by atoms with Crippen LogP contribution < -0.4 is 10.1 Å². The first-order valence-electron chi connectivity index (χ1n) is 7.65. The third kappa shape index (κ3) is 3.85. The van der Waals surface area contributed by atoms with Gasteiger partial charge in [-0.2, -0.15) is 8.68 Å². The Labute approximate surface area is 155 Å². The Bertz CT molecular complexity index is 1030. The van der Waals surface area contributed by atoms with Gasteiger partial charge in [0.05, 0.1) is 23.2 Å². The van der Waals surface area contributed by atoms with Crippen molar-refractivity contribution in [3.05, 3.63) is 48.7 Å². The highest BCUT2D eigenvalue weighted by atomic mass is 32.2. The van der Waals surface area contributed by atoms with Gasteiger partial charge in [0.2, 0.25) is 15.9 Å². The van der Waals surface area contributed by atoms with E-state index < -0.39 is 15.9 Å². The van der Waals surface area contributed by atoms with Gasteiger partial charge >= 0.3 is 0 Å². The van der Waals surface area contributed by atoms with Crippen LogP contribution >= 0.6 is 11.5 Å². The second-order valence-electron chi connectivity index (χ2n) is 5.56. The van der Waals surface area contributed by atoms with E-state index in [0.717, 1.165) is 14.4 Å². The third-order valence-electron chi connectivity index (χ3n) is 3.77. The maximum absolute atomic E-state index is 12.6. The number of nitrogens with zero attached hydrogens (tertiary/aromatic N) is 2. The number of ether oxygens (including phenoxy) is 1. The molecule has 0 radical (unpaired) electrons. The van der Waals surface area contributed by atoms with Crippen LogP contribution in [0.5, 0.6) is 5.75 Å². The van der Waals surface area contributed by atoms with E-state index in [9.17, 15) is 13.2 Å². The summed E-state index contributed by atoms with van der Waals surface area (Å²) >= 11 is 1.37. The van der Waals surface area contributed by atoms with Crippen LogP contribution in [0, 0.1) is 0 Å². The SMILES string of the molecule is COc1ccc(S(=O)(=O)N(C)CC(=O)Nc2ccc3sncc3c2)cc1. The monoisotopic (exact) mass is 391 g/mol. The first-order valence-corrected chi connectivity index (χ1v) is 9.86. The van der Waals surface area contributed by atoms with Crippen molar-refractivity contribution in [1.29, 1.82) is 0 Å². The maximum atomic E-state index is 12.6. The highest BCUT2D eigenvalue weighted by Crippen LogP contribution is 2.22. The van der Waals surface area contributed by atoms with Gasteiger partial charge in [0.1, 0.15) is 5.75 Å². The molecule has 0 spiro atoms. The van der Waals surface area contributed by atoms with Crippen molar-refractivity contribution in [3.63, 3.8) is 0 Å². The number of carbonyl (C=O) groups is 1. The summed E-state index contributed by atoms with van der Waals surface area (Å²) in [6.07, 6.45) is 1.72. The first kappa shape index (κ1) is 18.3. The molecule has 136 valence electrons. The lowest BCUT2D eigenvalue weighted by Crippen LogP contribution is -2.34. The molecular formula is C17H17N3O4S2. The highest BCUT2D eigenvalue weighted by molar-refractivity contribution is 7.89. The average Bonchev–Trinajstić information content (AvgIpc) is 3.09. The second-order valence-corrected chi connectivity index (χ2v) is 8.44. The predicted octanol–water partition coefficient (Wildman–Crippen LogP) is 2.56. The maximum Gasteiger partial charge on any atom is 0.243 e. The Morgan fingerprint density at radius 2 is 1.96 bits per heavy atom. The number of rotatable bonds is 6. The number of methoxy groups -OCH3 is 1. The van der Waals surface area contributed by atoms with E-state index in [2.05, 4.69) is 9.69 Å². The van der Waals surface area contributed by atoms with Crippen molar-refractivity contribution in [1.82, 2.24) is 8.68 Å². The lowest BCUT2D eigenvalue weighted by molar-refractivity contribution is -0.116. The van der Waals surface area contributed by atoms with Crippen molar-refractivity contribution in [3.8, 4) is 5.75 Å². The molecule has 0 aliphatic carbocycles. The number of likely N-dealkylation sites (N-methyl/N-ethyl adjacent to an activating group) is 1. The van der Waals surface area contributed by atoms with Crippen molar-refractivity contribution in [2.45, 2.75) is 4.90 Å². The molecule has 1 aromatic heterocycles. The van der Waals surface area contributed by atoms with E-state index in [1.807, 2.05) is 6.07 Å². The van der Waals surface area contributed by atoms with Gasteiger partial charge in [0.25, 0.3) is 0 Å². The summed E-state index contributed by atoms with van der Waals surface area (Å²) in [5, 5.41) is 3.63. The van der Waals surface area contributed by atoms with E-state index in [1.165, 1.54) is 37.8 Å². The molecule has 0 saturated carbocycles. The molecule has 0 aliphatic rings. The van der Waals surface area contributed by atoms with Crippen LogP contribution in [-0.2, 0) is 14.8 Å². The van der Waals surface area contributed by atoms with E-state index in [0.29, 0.717) is 11.4 Å². The van der Waals surface area contributed by atoms with Gasteiger partial charge in [-0.1, -0.05) is 0 Å². The number of amides is 1. The number of hydrogen-bond acceptors (Lipinski definition) is 6. The molecule has 0 saturated heterocycles. The summed E-state index contributed by atoms with van der Waals surface area (Å²) in [4.78, 5) is 12.3. The zero-order chi connectivity index (χ0) is 18.7. The van der Waals surface area contributed by atoms with Crippen molar-refractivity contribution < 1.29 is 17.9 Å². The Morgan fingerprint density at radius 1 is 1.23 bits per heavy atom. The van der Waals surface area contributed by atoms with Crippen LogP contribution in [0.15, 0.2) is 53.6 Å². The van der Waals surface area contributed by atoms with E-state index >= 15 is 0 Å². The Morgan fingerprint density at radius 3 is 2.65 bits per heavy atom. The Hall–Kier alpha value is -2.49. The minimum absolute atomic E-state index is 0.0966. The first-order chi connectivity index (χ1) is 12.4. The summed E-state index contributed by atoms with van der Waals surface area (Å²) in [7, 11) is -0.899. The molecule has 0 fully saturated rings. The van der Waals surface area contributed by atoms with Crippen LogP contribution in [0.3, 0.4) is 0 Å². The van der Waals surface area contributed by atoms with Gasteiger partial charge in [-0.15, -0.1) is 0 Å². The summed E-state index contributed by atoms with van der Waals surface area (Å²) in [5.74, 6) is 0.134. The van der Waals surface area contributed by atoms with Crippen molar-refractivity contribution in [2.75, 3.05) is 26.0 Å². The number of sulfonamides is 1. The summed E-state index contributed by atoms with van der Waals surface area (Å²) in [6.45, 7) is -0.297. The largest absolute Gasteiger partial charge is 0.497 e. The van der Waals surface area contributed by atoms with E-state index in [4.69, 9.17) is 4.74 Å². The standard InChI is InChI=1S/C17H17N3O4S2/c1-20(26(22,23)15-6-4-14(24-2)5-7-15)11-17(21)19-13-3-8-16-12(9-13)10-18-25-16/h3-10H,11H2,1-2H3,(H,19,21).